The monoisotopic (exact) mass is 301 g/mol. The van der Waals surface area contributed by atoms with Gasteiger partial charge in [0, 0.05) is 21.2 Å². The van der Waals surface area contributed by atoms with Crippen LogP contribution in [0.3, 0.4) is 0 Å². The largest absolute Gasteiger partial charge is 0.293 e. The molecule has 0 amide bonds. The first kappa shape index (κ1) is 11.0. The average Bonchev–Trinajstić information content (AvgIpc) is 2.75. The summed E-state index contributed by atoms with van der Waals surface area (Å²) >= 11 is 6.39. The van der Waals surface area contributed by atoms with E-state index in [9.17, 15) is 4.79 Å². The molecule has 0 spiro atoms. The van der Waals surface area contributed by atoms with Gasteiger partial charge in [-0.15, -0.1) is 22.7 Å². The highest BCUT2D eigenvalue weighted by atomic mass is 79.9. The maximum atomic E-state index is 11.9. The van der Waals surface area contributed by atoms with Gasteiger partial charge in [-0.05, 0) is 28.9 Å². The zero-order valence-corrected chi connectivity index (χ0v) is 11.2. The van der Waals surface area contributed by atoms with Crippen LogP contribution in [-0.4, -0.2) is 10.8 Å². The molecule has 0 atom stereocenters. The summed E-state index contributed by atoms with van der Waals surface area (Å²) in [5, 5.41) is 1.99. The molecular formula is C10H8BrNOS2. The normalized spacial score (nSPS) is 10.5. The van der Waals surface area contributed by atoms with E-state index in [1.807, 2.05) is 18.4 Å². The molecule has 2 aromatic rings. The maximum absolute atomic E-state index is 11.9. The van der Waals surface area contributed by atoms with E-state index in [-0.39, 0.29) is 5.78 Å². The van der Waals surface area contributed by atoms with Crippen LogP contribution in [0.15, 0.2) is 21.4 Å². The number of carbonyl (C=O) groups is 1. The predicted molar refractivity (Wildman–Crippen MR) is 66.9 cm³/mol. The van der Waals surface area contributed by atoms with Gasteiger partial charge in [-0.25, -0.2) is 4.98 Å². The highest BCUT2D eigenvalue weighted by Gasteiger charge is 2.13. The highest BCUT2D eigenvalue weighted by molar-refractivity contribution is 9.10. The zero-order valence-electron chi connectivity index (χ0n) is 7.99. The first-order valence-electron chi connectivity index (χ1n) is 4.33. The Morgan fingerprint density at radius 1 is 1.53 bits per heavy atom. The van der Waals surface area contributed by atoms with E-state index in [0.717, 1.165) is 19.9 Å². The molecule has 5 heteroatoms. The first-order chi connectivity index (χ1) is 7.16. The zero-order chi connectivity index (χ0) is 10.8. The Hall–Kier alpha value is -0.520. The predicted octanol–water partition coefficient (Wildman–Crippen LogP) is 3.70. The third-order valence-electron chi connectivity index (χ3n) is 1.96. The molecule has 2 aromatic heterocycles. The fourth-order valence-electron chi connectivity index (χ4n) is 1.25. The molecule has 0 aliphatic heterocycles. The van der Waals surface area contributed by atoms with Crippen LogP contribution in [0.5, 0.6) is 0 Å². The Balaban J connectivity index is 2.14. The van der Waals surface area contributed by atoms with Crippen molar-refractivity contribution >= 4 is 44.4 Å². The summed E-state index contributed by atoms with van der Waals surface area (Å²) in [4.78, 5) is 17.8. The second-order valence-electron chi connectivity index (χ2n) is 3.10. The second kappa shape index (κ2) is 4.55. The number of thiazole rings is 1. The van der Waals surface area contributed by atoms with Crippen LogP contribution in [0.2, 0.25) is 0 Å². The number of aryl methyl sites for hydroxylation is 1. The molecule has 2 nitrogen and oxygen atoms in total. The molecular weight excluding hydrogens is 294 g/mol. The Morgan fingerprint density at radius 2 is 2.33 bits per heavy atom. The van der Waals surface area contributed by atoms with Crippen LogP contribution in [0.25, 0.3) is 0 Å². The van der Waals surface area contributed by atoms with Crippen LogP contribution in [0, 0.1) is 6.92 Å². The summed E-state index contributed by atoms with van der Waals surface area (Å²) < 4.78 is 1.04. The number of hydrogen-bond donors (Lipinski definition) is 0. The Bertz CT molecular complexity index is 489. The number of nitrogens with zero attached hydrogens (tertiary/aromatic N) is 1. The number of ketones is 1. The summed E-state index contributed by atoms with van der Waals surface area (Å²) in [6.07, 6.45) is 0.472. The second-order valence-corrected chi connectivity index (χ2v) is 5.86. The third kappa shape index (κ3) is 2.53. The first-order valence-corrected chi connectivity index (χ1v) is 6.88. The van der Waals surface area contributed by atoms with Crippen molar-refractivity contribution in [3.63, 3.8) is 0 Å². The van der Waals surface area contributed by atoms with E-state index < -0.39 is 0 Å². The maximum Gasteiger partial charge on any atom is 0.179 e. The summed E-state index contributed by atoms with van der Waals surface area (Å²) in [5.74, 6) is 0.157. The minimum atomic E-state index is 0.157. The highest BCUT2D eigenvalue weighted by Crippen LogP contribution is 2.22. The summed E-state index contributed by atoms with van der Waals surface area (Å²) in [6, 6.07) is 1.99. The number of carbonyl (C=O) groups excluding carboxylic acids is 1. The van der Waals surface area contributed by atoms with Crippen LogP contribution in [-0.2, 0) is 6.42 Å². The van der Waals surface area contributed by atoms with E-state index in [1.54, 1.807) is 16.8 Å². The van der Waals surface area contributed by atoms with Crippen molar-refractivity contribution in [3.05, 3.63) is 36.9 Å². The van der Waals surface area contributed by atoms with E-state index in [0.29, 0.717) is 6.42 Å². The molecule has 0 bridgehead atoms. The molecule has 15 heavy (non-hydrogen) atoms. The Morgan fingerprint density at radius 3 is 2.87 bits per heavy atom. The van der Waals surface area contributed by atoms with Gasteiger partial charge in [-0.1, -0.05) is 0 Å². The minimum Gasteiger partial charge on any atom is -0.293 e. The fourth-order valence-corrected chi connectivity index (χ4v) is 3.45. The van der Waals surface area contributed by atoms with Crippen LogP contribution in [0.1, 0.15) is 20.2 Å². The Kier molecular flexibility index (Phi) is 3.33. The minimum absolute atomic E-state index is 0.157. The lowest BCUT2D eigenvalue weighted by Crippen LogP contribution is -2.01. The molecule has 2 heterocycles. The third-order valence-corrected chi connectivity index (χ3v) is 4.62. The molecule has 0 unspecified atom stereocenters. The average molecular weight is 302 g/mol. The van der Waals surface area contributed by atoms with E-state index in [2.05, 4.69) is 20.9 Å². The van der Waals surface area contributed by atoms with Gasteiger partial charge < -0.3 is 0 Å². The number of aromatic nitrogens is 1. The smallest absolute Gasteiger partial charge is 0.179 e. The molecule has 0 aliphatic rings. The SMILES string of the molecule is Cc1ncsc1C(=O)Cc1cc(Br)cs1. The Labute approximate surface area is 104 Å². The van der Waals surface area contributed by atoms with Gasteiger partial charge in [0.1, 0.15) is 0 Å². The van der Waals surface area contributed by atoms with Gasteiger partial charge in [-0.3, -0.25) is 4.79 Å². The number of Topliss-reactive ketones (excluding diaryl/α,β-unsaturated/α-hetero) is 1. The van der Waals surface area contributed by atoms with Crippen LogP contribution < -0.4 is 0 Å². The van der Waals surface area contributed by atoms with Crippen molar-refractivity contribution in [3.8, 4) is 0 Å². The van der Waals surface area contributed by atoms with Gasteiger partial charge in [0.15, 0.2) is 5.78 Å². The summed E-state index contributed by atoms with van der Waals surface area (Å²) in [6.45, 7) is 1.87. The lowest BCUT2D eigenvalue weighted by atomic mass is 10.2. The van der Waals surface area contributed by atoms with Crippen LogP contribution in [0.4, 0.5) is 0 Å². The van der Waals surface area contributed by atoms with Crippen molar-refractivity contribution in [2.24, 2.45) is 0 Å². The van der Waals surface area contributed by atoms with Crippen molar-refractivity contribution < 1.29 is 4.79 Å². The molecule has 0 aromatic carbocycles. The standard InChI is InChI=1S/C10H8BrNOS2/c1-6-10(15-5-12-6)9(13)3-8-2-7(11)4-14-8/h2,4-5H,3H2,1H3. The fraction of sp³-hybridized carbons (Fsp3) is 0.200. The van der Waals surface area contributed by atoms with Crippen LogP contribution >= 0.6 is 38.6 Å². The van der Waals surface area contributed by atoms with Crippen molar-refractivity contribution in [1.82, 2.24) is 4.98 Å². The van der Waals surface area contributed by atoms with Gasteiger partial charge >= 0.3 is 0 Å². The molecule has 78 valence electrons. The van der Waals surface area contributed by atoms with Gasteiger partial charge in [0.2, 0.25) is 0 Å². The summed E-state index contributed by atoms with van der Waals surface area (Å²) in [5.41, 5.74) is 2.55. The molecule has 0 aliphatic carbocycles. The van der Waals surface area contributed by atoms with Gasteiger partial charge in [0.05, 0.1) is 16.1 Å². The lowest BCUT2D eigenvalue weighted by Gasteiger charge is -1.95. The van der Waals surface area contributed by atoms with E-state index in [1.165, 1.54) is 11.3 Å². The topological polar surface area (TPSA) is 30.0 Å². The van der Waals surface area contributed by atoms with Crippen molar-refractivity contribution in [2.45, 2.75) is 13.3 Å². The van der Waals surface area contributed by atoms with E-state index in [4.69, 9.17) is 0 Å². The number of halogens is 1. The summed E-state index contributed by atoms with van der Waals surface area (Å²) in [7, 11) is 0. The lowest BCUT2D eigenvalue weighted by molar-refractivity contribution is 0.0997. The van der Waals surface area contributed by atoms with E-state index >= 15 is 0 Å². The van der Waals surface area contributed by atoms with Crippen molar-refractivity contribution in [1.29, 1.82) is 0 Å². The number of rotatable bonds is 3. The molecule has 0 saturated heterocycles. The van der Waals surface area contributed by atoms with Gasteiger partial charge in [-0.2, -0.15) is 0 Å². The number of thiophene rings is 1. The molecule has 0 saturated carbocycles. The number of hydrogen-bond acceptors (Lipinski definition) is 4. The molecule has 2 rings (SSSR count). The molecule has 0 N–H and O–H groups in total. The van der Waals surface area contributed by atoms with Crippen molar-refractivity contribution in [2.75, 3.05) is 0 Å². The molecule has 0 radical (unpaired) electrons. The molecule has 0 fully saturated rings. The quantitative estimate of drug-likeness (QED) is 0.809. The van der Waals surface area contributed by atoms with Gasteiger partial charge in [0.25, 0.3) is 0 Å².